The minimum atomic E-state index is -1.22. The lowest BCUT2D eigenvalue weighted by molar-refractivity contribution is -0.115. The first kappa shape index (κ1) is 13.7. The van der Waals surface area contributed by atoms with Crippen LogP contribution in [0.4, 0.5) is 10.1 Å². The number of carboxylic acids is 1. The van der Waals surface area contributed by atoms with Crippen molar-refractivity contribution in [2.75, 3.05) is 5.32 Å². The van der Waals surface area contributed by atoms with E-state index >= 15 is 0 Å². The number of carboxylic acid groups (broad SMARTS) is 1. The first-order valence-electron chi connectivity index (χ1n) is 5.78. The van der Waals surface area contributed by atoms with Gasteiger partial charge in [0, 0.05) is 12.4 Å². The lowest BCUT2D eigenvalue weighted by Gasteiger charge is -2.07. The van der Waals surface area contributed by atoms with E-state index in [1.54, 1.807) is 24.5 Å². The largest absolute Gasteiger partial charge is 0.478 e. The van der Waals surface area contributed by atoms with Crippen molar-refractivity contribution in [3.8, 4) is 0 Å². The van der Waals surface area contributed by atoms with Crippen molar-refractivity contribution in [1.29, 1.82) is 0 Å². The average molecular weight is 274 g/mol. The van der Waals surface area contributed by atoms with E-state index < -0.39 is 17.7 Å². The van der Waals surface area contributed by atoms with Crippen LogP contribution in [0.3, 0.4) is 0 Å². The number of aromatic carboxylic acids is 1. The minimum absolute atomic E-state index is 0.0472. The summed E-state index contributed by atoms with van der Waals surface area (Å²) >= 11 is 0. The summed E-state index contributed by atoms with van der Waals surface area (Å²) in [5.41, 5.74) is 0.531. The van der Waals surface area contributed by atoms with Gasteiger partial charge in [0.1, 0.15) is 5.82 Å². The van der Waals surface area contributed by atoms with E-state index in [4.69, 9.17) is 5.11 Å². The number of benzene rings is 1. The molecule has 0 spiro atoms. The maximum atomic E-state index is 13.6. The number of carbonyl (C=O) groups excluding carboxylic acids is 1. The smallest absolute Gasteiger partial charge is 0.335 e. The van der Waals surface area contributed by atoms with Crippen LogP contribution in [0.25, 0.3) is 0 Å². The van der Waals surface area contributed by atoms with E-state index in [0.29, 0.717) is 0 Å². The third kappa shape index (κ3) is 3.38. The Balaban J connectivity index is 2.06. The molecule has 0 saturated heterocycles. The Morgan fingerprint density at radius 2 is 1.90 bits per heavy atom. The zero-order valence-electron chi connectivity index (χ0n) is 10.3. The van der Waals surface area contributed by atoms with Gasteiger partial charge in [-0.05, 0) is 35.9 Å². The monoisotopic (exact) mass is 274 g/mol. The van der Waals surface area contributed by atoms with Crippen LogP contribution in [0.2, 0.25) is 0 Å². The summed E-state index contributed by atoms with van der Waals surface area (Å²) in [4.78, 5) is 26.2. The highest BCUT2D eigenvalue weighted by atomic mass is 19.1. The van der Waals surface area contributed by atoms with Gasteiger partial charge in [-0.2, -0.15) is 0 Å². The van der Waals surface area contributed by atoms with Crippen molar-refractivity contribution in [2.45, 2.75) is 6.42 Å². The molecule has 2 N–H and O–H groups in total. The quantitative estimate of drug-likeness (QED) is 0.894. The van der Waals surface area contributed by atoms with Crippen LogP contribution in [0.5, 0.6) is 0 Å². The van der Waals surface area contributed by atoms with Gasteiger partial charge in [0.2, 0.25) is 5.91 Å². The Labute approximate surface area is 114 Å². The van der Waals surface area contributed by atoms with Gasteiger partial charge in [-0.3, -0.25) is 9.78 Å². The number of aromatic nitrogens is 1. The highest BCUT2D eigenvalue weighted by molar-refractivity contribution is 5.93. The first-order valence-corrected chi connectivity index (χ1v) is 5.78. The number of hydrogen-bond donors (Lipinski definition) is 2. The molecule has 102 valence electrons. The van der Waals surface area contributed by atoms with E-state index in [1.807, 2.05) is 0 Å². The second-order valence-electron chi connectivity index (χ2n) is 4.08. The number of amides is 1. The van der Waals surface area contributed by atoms with Gasteiger partial charge in [0.15, 0.2) is 0 Å². The molecular formula is C14H11FN2O3. The molecule has 0 fully saturated rings. The number of rotatable bonds is 4. The minimum Gasteiger partial charge on any atom is -0.478 e. The molecule has 6 heteroatoms. The van der Waals surface area contributed by atoms with E-state index in [9.17, 15) is 14.0 Å². The Morgan fingerprint density at radius 3 is 2.50 bits per heavy atom. The van der Waals surface area contributed by atoms with Crippen LogP contribution in [-0.2, 0) is 11.2 Å². The van der Waals surface area contributed by atoms with Gasteiger partial charge in [-0.15, -0.1) is 0 Å². The Kier molecular flexibility index (Phi) is 4.05. The fraction of sp³-hybridized carbons (Fsp3) is 0.0714. The van der Waals surface area contributed by atoms with Crippen LogP contribution in [0, 0.1) is 5.82 Å². The van der Waals surface area contributed by atoms with Crippen molar-refractivity contribution in [1.82, 2.24) is 4.98 Å². The number of halogens is 1. The summed E-state index contributed by atoms with van der Waals surface area (Å²) < 4.78 is 13.6. The van der Waals surface area contributed by atoms with Gasteiger partial charge in [0.05, 0.1) is 17.7 Å². The maximum absolute atomic E-state index is 13.6. The van der Waals surface area contributed by atoms with Gasteiger partial charge >= 0.3 is 5.97 Å². The summed E-state index contributed by atoms with van der Waals surface area (Å²) in [5.74, 6) is -2.40. The van der Waals surface area contributed by atoms with Crippen LogP contribution < -0.4 is 5.32 Å². The lowest BCUT2D eigenvalue weighted by atomic mass is 10.1. The Morgan fingerprint density at radius 1 is 1.20 bits per heavy atom. The Bertz CT molecular complexity index is 644. The highest BCUT2D eigenvalue weighted by Crippen LogP contribution is 2.16. The third-order valence-corrected chi connectivity index (χ3v) is 2.60. The van der Waals surface area contributed by atoms with Gasteiger partial charge in [-0.25, -0.2) is 9.18 Å². The fourth-order valence-corrected chi connectivity index (χ4v) is 1.63. The summed E-state index contributed by atoms with van der Waals surface area (Å²) in [6.07, 6.45) is 3.21. The fourth-order valence-electron chi connectivity index (χ4n) is 1.63. The second kappa shape index (κ2) is 5.92. The highest BCUT2D eigenvalue weighted by Gasteiger charge is 2.11. The van der Waals surface area contributed by atoms with Crippen LogP contribution in [0.1, 0.15) is 15.9 Å². The molecule has 2 rings (SSSR count). The van der Waals surface area contributed by atoms with Gasteiger partial charge in [-0.1, -0.05) is 0 Å². The predicted molar refractivity (Wildman–Crippen MR) is 69.9 cm³/mol. The lowest BCUT2D eigenvalue weighted by Crippen LogP contribution is -2.15. The summed E-state index contributed by atoms with van der Waals surface area (Å²) in [5, 5.41) is 11.1. The summed E-state index contributed by atoms with van der Waals surface area (Å²) in [6.45, 7) is 0. The van der Waals surface area contributed by atoms with Gasteiger partial charge in [0.25, 0.3) is 0 Å². The zero-order valence-corrected chi connectivity index (χ0v) is 10.3. The summed E-state index contributed by atoms with van der Waals surface area (Å²) in [6, 6.07) is 6.69. The number of carbonyl (C=O) groups is 2. The molecule has 1 heterocycles. The molecule has 0 saturated carbocycles. The predicted octanol–water partition coefficient (Wildman–Crippen LogP) is 2.10. The second-order valence-corrected chi connectivity index (χ2v) is 4.08. The van der Waals surface area contributed by atoms with E-state index in [-0.39, 0.29) is 17.7 Å². The van der Waals surface area contributed by atoms with Crippen molar-refractivity contribution in [2.24, 2.45) is 0 Å². The number of nitrogens with zero attached hydrogens (tertiary/aromatic N) is 1. The molecule has 0 radical (unpaired) electrons. The van der Waals surface area contributed by atoms with Crippen molar-refractivity contribution in [3.63, 3.8) is 0 Å². The Hall–Kier alpha value is -2.76. The number of hydrogen-bond acceptors (Lipinski definition) is 3. The normalized spacial score (nSPS) is 10.1. The van der Waals surface area contributed by atoms with Crippen LogP contribution >= 0.6 is 0 Å². The zero-order chi connectivity index (χ0) is 14.5. The SMILES string of the molecule is O=C(Cc1ccncc1)Nc1ccc(C(=O)O)cc1F. The number of anilines is 1. The maximum Gasteiger partial charge on any atom is 0.335 e. The number of nitrogens with one attached hydrogen (secondary N) is 1. The molecule has 0 aliphatic heterocycles. The third-order valence-electron chi connectivity index (χ3n) is 2.60. The average Bonchev–Trinajstić information content (AvgIpc) is 2.42. The standard InChI is InChI=1S/C14H11FN2O3/c15-11-8-10(14(19)20)1-2-12(11)17-13(18)7-9-3-5-16-6-4-9/h1-6,8H,7H2,(H,17,18)(H,19,20). The molecule has 5 nitrogen and oxygen atoms in total. The molecule has 1 amide bonds. The molecule has 0 bridgehead atoms. The van der Waals surface area contributed by atoms with Crippen molar-refractivity contribution in [3.05, 3.63) is 59.7 Å². The molecule has 0 aliphatic carbocycles. The molecule has 0 aliphatic rings. The van der Waals surface area contributed by atoms with Crippen LogP contribution in [0.15, 0.2) is 42.7 Å². The van der Waals surface area contributed by atoms with Crippen molar-refractivity contribution < 1.29 is 19.1 Å². The first-order chi connectivity index (χ1) is 9.56. The topological polar surface area (TPSA) is 79.3 Å². The van der Waals surface area contributed by atoms with Gasteiger partial charge < -0.3 is 10.4 Å². The number of pyridine rings is 1. The molecule has 2 aromatic rings. The van der Waals surface area contributed by atoms with E-state index in [1.165, 1.54) is 12.1 Å². The molecular weight excluding hydrogens is 263 g/mol. The van der Waals surface area contributed by atoms with E-state index in [2.05, 4.69) is 10.3 Å². The van der Waals surface area contributed by atoms with Crippen LogP contribution in [-0.4, -0.2) is 22.0 Å². The van der Waals surface area contributed by atoms with Crippen molar-refractivity contribution >= 4 is 17.6 Å². The van der Waals surface area contributed by atoms with E-state index in [0.717, 1.165) is 11.6 Å². The summed E-state index contributed by atoms with van der Waals surface area (Å²) in [7, 11) is 0. The molecule has 1 aromatic carbocycles. The molecule has 20 heavy (non-hydrogen) atoms. The molecule has 1 aromatic heterocycles. The molecule has 0 unspecified atom stereocenters. The molecule has 0 atom stereocenters.